The monoisotopic (exact) mass is 276 g/mol. The molecule has 0 bridgehead atoms. The number of nitrogens with zero attached hydrogens (tertiary/aromatic N) is 2. The number of aliphatic hydroxyl groups excluding tert-OH is 1. The Balaban J connectivity index is 3.24. The molecule has 0 amide bonds. The molecule has 0 spiro atoms. The molecule has 1 aromatic carbocycles. The van der Waals surface area contributed by atoms with Crippen LogP contribution in [0.2, 0.25) is 0 Å². The van der Waals surface area contributed by atoms with Crippen molar-refractivity contribution >= 4 is 5.69 Å². The summed E-state index contributed by atoms with van der Waals surface area (Å²) < 4.78 is 5.18. The minimum Gasteiger partial charge on any atom is -0.389 e. The van der Waals surface area contributed by atoms with Crippen LogP contribution >= 0.6 is 0 Å². The molecule has 1 unspecified atom stereocenters. The van der Waals surface area contributed by atoms with Crippen molar-refractivity contribution in [2.75, 3.05) is 25.2 Å². The summed E-state index contributed by atoms with van der Waals surface area (Å²) in [6, 6.07) is 7.91. The predicted octanol–water partition coefficient (Wildman–Crippen LogP) is 2.86. The molecule has 0 aliphatic carbocycles. The van der Waals surface area contributed by atoms with Gasteiger partial charge in [-0.25, -0.2) is 0 Å². The van der Waals surface area contributed by atoms with E-state index in [0.717, 1.165) is 24.2 Å². The lowest BCUT2D eigenvalue weighted by atomic mass is 10.0. The maximum atomic E-state index is 9.96. The van der Waals surface area contributed by atoms with Crippen molar-refractivity contribution in [2.45, 2.75) is 39.3 Å². The van der Waals surface area contributed by atoms with Crippen LogP contribution in [-0.4, -0.2) is 31.4 Å². The van der Waals surface area contributed by atoms with Gasteiger partial charge in [-0.1, -0.05) is 13.0 Å². The Morgan fingerprint density at radius 2 is 2.10 bits per heavy atom. The largest absolute Gasteiger partial charge is 0.389 e. The first kappa shape index (κ1) is 16.5. The minimum atomic E-state index is -0.563. The Morgan fingerprint density at radius 1 is 1.40 bits per heavy atom. The lowest BCUT2D eigenvalue weighted by Gasteiger charge is -2.33. The molecule has 1 aromatic rings. The fourth-order valence-corrected chi connectivity index (χ4v) is 2.20. The average molecular weight is 276 g/mol. The molecule has 4 heteroatoms. The van der Waals surface area contributed by atoms with Crippen molar-refractivity contribution < 1.29 is 9.84 Å². The second kappa shape index (κ2) is 7.88. The van der Waals surface area contributed by atoms with Crippen LogP contribution in [0.5, 0.6) is 0 Å². The smallest absolute Gasteiger partial charge is 0.0992 e. The highest BCUT2D eigenvalue weighted by atomic mass is 16.5. The molecule has 0 aliphatic rings. The van der Waals surface area contributed by atoms with E-state index in [1.165, 1.54) is 0 Å². The first-order valence-corrected chi connectivity index (χ1v) is 7.02. The van der Waals surface area contributed by atoms with Crippen LogP contribution < -0.4 is 4.90 Å². The topological polar surface area (TPSA) is 56.5 Å². The molecule has 0 aromatic heterocycles. The van der Waals surface area contributed by atoms with Gasteiger partial charge in [-0.15, -0.1) is 0 Å². The van der Waals surface area contributed by atoms with Crippen molar-refractivity contribution in [3.63, 3.8) is 0 Å². The van der Waals surface area contributed by atoms with Gasteiger partial charge in [0, 0.05) is 30.9 Å². The zero-order valence-electron chi connectivity index (χ0n) is 12.8. The van der Waals surface area contributed by atoms with Crippen LogP contribution in [0.3, 0.4) is 0 Å². The number of hydrogen-bond donors (Lipinski definition) is 1. The molecule has 2 atom stereocenters. The number of benzene rings is 1. The highest BCUT2D eigenvalue weighted by Crippen LogP contribution is 2.29. The second-order valence-electron chi connectivity index (χ2n) is 5.00. The molecular weight excluding hydrogens is 252 g/mol. The summed E-state index contributed by atoms with van der Waals surface area (Å²) in [5.74, 6) is 0. The van der Waals surface area contributed by atoms with Crippen LogP contribution in [0, 0.1) is 11.3 Å². The number of nitriles is 1. The lowest BCUT2D eigenvalue weighted by Crippen LogP contribution is -2.36. The standard InChI is InChI=1S/C16H24N2O2/c1-5-12(2)18(8-9-20-4)16-10-14(11-17)6-7-15(16)13(3)19/h6-7,10,12-13,19H,5,8-9H2,1-4H3/t12?,13-/m0/s1. The predicted molar refractivity (Wildman–Crippen MR) is 80.8 cm³/mol. The Hall–Kier alpha value is -1.57. The third-order valence-electron chi connectivity index (χ3n) is 3.58. The molecule has 0 heterocycles. The van der Waals surface area contributed by atoms with Gasteiger partial charge in [-0.2, -0.15) is 5.26 Å². The van der Waals surface area contributed by atoms with Gasteiger partial charge < -0.3 is 14.7 Å². The summed E-state index contributed by atoms with van der Waals surface area (Å²) in [6.45, 7) is 7.36. The molecule has 0 fully saturated rings. The van der Waals surface area contributed by atoms with Gasteiger partial charge in [0.1, 0.15) is 0 Å². The summed E-state index contributed by atoms with van der Waals surface area (Å²) in [7, 11) is 1.68. The third-order valence-corrected chi connectivity index (χ3v) is 3.58. The van der Waals surface area contributed by atoms with Crippen LogP contribution in [0.4, 0.5) is 5.69 Å². The van der Waals surface area contributed by atoms with E-state index in [-0.39, 0.29) is 0 Å². The summed E-state index contributed by atoms with van der Waals surface area (Å²) in [4.78, 5) is 2.20. The van der Waals surface area contributed by atoms with Gasteiger partial charge >= 0.3 is 0 Å². The molecule has 0 radical (unpaired) electrons. The molecule has 0 saturated carbocycles. The SMILES string of the molecule is CCC(C)N(CCOC)c1cc(C#N)ccc1[C@H](C)O. The van der Waals surface area contributed by atoms with E-state index in [0.29, 0.717) is 18.2 Å². The van der Waals surface area contributed by atoms with Crippen molar-refractivity contribution in [3.8, 4) is 6.07 Å². The summed E-state index contributed by atoms with van der Waals surface area (Å²) >= 11 is 0. The number of anilines is 1. The van der Waals surface area contributed by atoms with Gasteiger partial charge in [0.15, 0.2) is 0 Å². The number of ether oxygens (including phenoxy) is 1. The van der Waals surface area contributed by atoms with Gasteiger partial charge in [0.25, 0.3) is 0 Å². The fraction of sp³-hybridized carbons (Fsp3) is 0.562. The van der Waals surface area contributed by atoms with Crippen LogP contribution in [0.15, 0.2) is 18.2 Å². The Morgan fingerprint density at radius 3 is 2.60 bits per heavy atom. The number of methoxy groups -OCH3 is 1. The molecule has 4 nitrogen and oxygen atoms in total. The average Bonchev–Trinajstić information content (AvgIpc) is 2.46. The van der Waals surface area contributed by atoms with Gasteiger partial charge in [-0.05, 0) is 32.4 Å². The van der Waals surface area contributed by atoms with Crippen LogP contribution in [0.25, 0.3) is 0 Å². The lowest BCUT2D eigenvalue weighted by molar-refractivity contribution is 0.196. The number of hydrogen-bond acceptors (Lipinski definition) is 4. The quantitative estimate of drug-likeness (QED) is 0.832. The van der Waals surface area contributed by atoms with E-state index < -0.39 is 6.10 Å². The molecule has 0 aliphatic heterocycles. The zero-order valence-corrected chi connectivity index (χ0v) is 12.8. The van der Waals surface area contributed by atoms with E-state index >= 15 is 0 Å². The van der Waals surface area contributed by atoms with E-state index in [9.17, 15) is 5.11 Å². The first-order chi connectivity index (χ1) is 9.54. The van der Waals surface area contributed by atoms with Crippen LogP contribution in [-0.2, 0) is 4.74 Å². The van der Waals surface area contributed by atoms with Gasteiger partial charge in [-0.3, -0.25) is 0 Å². The zero-order chi connectivity index (χ0) is 15.1. The summed E-state index contributed by atoms with van der Waals surface area (Å²) in [6.07, 6.45) is 0.423. The normalized spacial score (nSPS) is 13.6. The van der Waals surface area contributed by atoms with Crippen molar-refractivity contribution in [1.29, 1.82) is 5.26 Å². The molecule has 1 N–H and O–H groups in total. The first-order valence-electron chi connectivity index (χ1n) is 7.02. The Kier molecular flexibility index (Phi) is 6.50. The van der Waals surface area contributed by atoms with E-state index in [2.05, 4.69) is 24.8 Å². The van der Waals surface area contributed by atoms with Crippen LogP contribution in [0.1, 0.15) is 44.4 Å². The van der Waals surface area contributed by atoms with Gasteiger partial charge in [0.05, 0.1) is 24.3 Å². The second-order valence-corrected chi connectivity index (χ2v) is 5.00. The summed E-state index contributed by atoms with van der Waals surface area (Å²) in [5.41, 5.74) is 2.38. The Bertz CT molecular complexity index is 466. The maximum Gasteiger partial charge on any atom is 0.0992 e. The summed E-state index contributed by atoms with van der Waals surface area (Å²) in [5, 5.41) is 19.0. The van der Waals surface area contributed by atoms with Crippen molar-refractivity contribution in [2.24, 2.45) is 0 Å². The third kappa shape index (κ3) is 3.96. The fourth-order valence-electron chi connectivity index (χ4n) is 2.20. The van der Waals surface area contributed by atoms with E-state index in [4.69, 9.17) is 10.00 Å². The maximum absolute atomic E-state index is 9.96. The highest BCUT2D eigenvalue weighted by Gasteiger charge is 2.19. The molecular formula is C16H24N2O2. The minimum absolute atomic E-state index is 0.316. The molecule has 0 saturated heterocycles. The highest BCUT2D eigenvalue weighted by molar-refractivity contribution is 5.59. The molecule has 20 heavy (non-hydrogen) atoms. The van der Waals surface area contributed by atoms with E-state index in [1.807, 2.05) is 12.1 Å². The molecule has 1 rings (SSSR count). The van der Waals surface area contributed by atoms with Crippen molar-refractivity contribution in [1.82, 2.24) is 0 Å². The number of rotatable bonds is 7. The Labute approximate surface area is 121 Å². The number of aliphatic hydroxyl groups is 1. The van der Waals surface area contributed by atoms with E-state index in [1.54, 1.807) is 20.1 Å². The van der Waals surface area contributed by atoms with Gasteiger partial charge in [0.2, 0.25) is 0 Å². The molecule has 110 valence electrons. The van der Waals surface area contributed by atoms with Crippen molar-refractivity contribution in [3.05, 3.63) is 29.3 Å².